The topological polar surface area (TPSA) is 60.7 Å². The lowest BCUT2D eigenvalue weighted by molar-refractivity contribution is 0.302. The van der Waals surface area contributed by atoms with E-state index in [9.17, 15) is 5.11 Å². The van der Waals surface area contributed by atoms with Crippen molar-refractivity contribution < 1.29 is 15.3 Å². The van der Waals surface area contributed by atoms with Crippen LogP contribution in [0.1, 0.15) is 77.6 Å². The molecule has 0 saturated carbocycles. The van der Waals surface area contributed by atoms with Gasteiger partial charge in [0.2, 0.25) is 0 Å². The van der Waals surface area contributed by atoms with Gasteiger partial charge in [0.15, 0.2) is 11.5 Å². The largest absolute Gasteiger partial charge is 0.512 e. The lowest BCUT2D eigenvalue weighted by Gasteiger charge is -2.01. The molecule has 0 atom stereocenters. The molecule has 0 spiro atoms. The van der Waals surface area contributed by atoms with Crippen molar-refractivity contribution in [3.8, 4) is 0 Å². The van der Waals surface area contributed by atoms with Crippen molar-refractivity contribution in [2.45, 2.75) is 77.6 Å². The maximum Gasteiger partial charge on any atom is 0.192 e. The van der Waals surface area contributed by atoms with Crippen LogP contribution in [-0.4, -0.2) is 15.3 Å². The summed E-state index contributed by atoms with van der Waals surface area (Å²) in [5.74, 6) is -0.703. The first kappa shape index (κ1) is 17.9. The Morgan fingerprint density at radius 3 is 1.68 bits per heavy atom. The average molecular weight is 270 g/mol. The van der Waals surface area contributed by atoms with Gasteiger partial charge in [0.25, 0.3) is 0 Å². The highest BCUT2D eigenvalue weighted by Crippen LogP contribution is 2.12. The highest BCUT2D eigenvalue weighted by molar-refractivity contribution is 5.14. The van der Waals surface area contributed by atoms with Crippen molar-refractivity contribution in [1.82, 2.24) is 0 Å². The van der Waals surface area contributed by atoms with Crippen molar-refractivity contribution in [2.75, 3.05) is 0 Å². The van der Waals surface area contributed by atoms with E-state index in [-0.39, 0.29) is 5.76 Å². The van der Waals surface area contributed by atoms with Crippen LogP contribution in [0.5, 0.6) is 0 Å². The van der Waals surface area contributed by atoms with Crippen LogP contribution in [-0.2, 0) is 0 Å². The molecule has 0 amide bonds. The minimum atomic E-state index is -0.466. The molecule has 0 aromatic rings. The Hall–Kier alpha value is -1.12. The Bertz CT molecular complexity index is 257. The third-order valence-corrected chi connectivity index (χ3v) is 3.28. The van der Waals surface area contributed by atoms with E-state index in [2.05, 4.69) is 6.92 Å². The molecule has 0 heterocycles. The standard InChI is InChI=1S/C16H30O3/c1-2-3-4-5-6-7-8-9-10-11-12-13-15(18)16(19)14-17/h13-14,17-19H,2-12H2,1H3. The van der Waals surface area contributed by atoms with Gasteiger partial charge in [-0.1, -0.05) is 64.7 Å². The molecule has 0 aromatic carbocycles. The van der Waals surface area contributed by atoms with Gasteiger partial charge >= 0.3 is 0 Å². The first-order chi connectivity index (χ1) is 9.22. The summed E-state index contributed by atoms with van der Waals surface area (Å²) in [7, 11) is 0. The van der Waals surface area contributed by atoms with Crippen LogP contribution >= 0.6 is 0 Å². The zero-order valence-electron chi connectivity index (χ0n) is 12.3. The summed E-state index contributed by atoms with van der Waals surface area (Å²) in [6, 6.07) is 0. The molecule has 0 fully saturated rings. The monoisotopic (exact) mass is 270 g/mol. The number of unbranched alkanes of at least 4 members (excludes halogenated alkanes) is 10. The summed E-state index contributed by atoms with van der Waals surface area (Å²) in [5, 5.41) is 26.7. The maximum absolute atomic E-state index is 9.24. The predicted octanol–water partition coefficient (Wildman–Crippen LogP) is 5.70. The van der Waals surface area contributed by atoms with Gasteiger partial charge in [-0.3, -0.25) is 0 Å². The van der Waals surface area contributed by atoms with Crippen LogP contribution < -0.4 is 0 Å². The summed E-state index contributed by atoms with van der Waals surface area (Å²) >= 11 is 0. The highest BCUT2D eigenvalue weighted by atomic mass is 16.3. The number of rotatable bonds is 12. The number of allylic oxidation sites excluding steroid dienone is 1. The minimum Gasteiger partial charge on any atom is -0.512 e. The Kier molecular flexibility index (Phi) is 12.5. The van der Waals surface area contributed by atoms with Gasteiger partial charge in [0, 0.05) is 0 Å². The van der Waals surface area contributed by atoms with Gasteiger partial charge < -0.3 is 15.3 Å². The van der Waals surface area contributed by atoms with Gasteiger partial charge in [0.1, 0.15) is 6.26 Å². The van der Waals surface area contributed by atoms with E-state index in [1.54, 1.807) is 6.08 Å². The molecule has 0 aliphatic carbocycles. The fourth-order valence-electron chi connectivity index (χ4n) is 2.04. The quantitative estimate of drug-likeness (QED) is 0.242. The van der Waals surface area contributed by atoms with E-state index in [1.165, 1.54) is 51.4 Å². The molecule has 3 N–H and O–H groups in total. The van der Waals surface area contributed by atoms with Crippen molar-refractivity contribution in [2.24, 2.45) is 0 Å². The van der Waals surface area contributed by atoms with Crippen molar-refractivity contribution >= 4 is 0 Å². The second kappa shape index (κ2) is 13.3. The van der Waals surface area contributed by atoms with Crippen molar-refractivity contribution in [3.05, 3.63) is 23.9 Å². The summed E-state index contributed by atoms with van der Waals surface area (Å²) in [5.41, 5.74) is 0. The number of hydrogen-bond acceptors (Lipinski definition) is 3. The Balaban J connectivity index is 3.28. The second-order valence-corrected chi connectivity index (χ2v) is 5.07. The van der Waals surface area contributed by atoms with Gasteiger partial charge in [-0.15, -0.1) is 0 Å². The summed E-state index contributed by atoms with van der Waals surface area (Å²) < 4.78 is 0. The second-order valence-electron chi connectivity index (χ2n) is 5.07. The molecule has 0 aliphatic rings. The van der Waals surface area contributed by atoms with Gasteiger partial charge in [-0.2, -0.15) is 0 Å². The van der Waals surface area contributed by atoms with Crippen molar-refractivity contribution in [3.63, 3.8) is 0 Å². The van der Waals surface area contributed by atoms with Crippen LogP contribution in [0.3, 0.4) is 0 Å². The van der Waals surface area contributed by atoms with Crippen LogP contribution in [0, 0.1) is 0 Å². The van der Waals surface area contributed by atoms with Crippen LogP contribution in [0.4, 0.5) is 0 Å². The zero-order chi connectivity index (χ0) is 14.3. The fraction of sp³-hybridized carbons (Fsp3) is 0.750. The SMILES string of the molecule is CCCCCCCCCCCCC=C(O)C(O)=CO. The summed E-state index contributed by atoms with van der Waals surface area (Å²) in [6.07, 6.45) is 15.6. The number of aliphatic hydroxyl groups is 3. The highest BCUT2D eigenvalue weighted by Gasteiger charge is 1.98. The first-order valence-electron chi connectivity index (χ1n) is 7.65. The normalized spacial score (nSPS) is 12.9. The molecular formula is C16H30O3. The summed E-state index contributed by atoms with van der Waals surface area (Å²) in [4.78, 5) is 0. The molecule has 112 valence electrons. The van der Waals surface area contributed by atoms with E-state index in [0.29, 0.717) is 6.26 Å². The molecule has 3 heteroatoms. The van der Waals surface area contributed by atoms with E-state index in [4.69, 9.17) is 10.2 Å². The van der Waals surface area contributed by atoms with Gasteiger partial charge in [0.05, 0.1) is 0 Å². The molecular weight excluding hydrogens is 240 g/mol. The van der Waals surface area contributed by atoms with E-state index in [0.717, 1.165) is 19.3 Å². The maximum atomic E-state index is 9.24. The minimum absolute atomic E-state index is 0.238. The number of aliphatic hydroxyl groups excluding tert-OH is 3. The lowest BCUT2D eigenvalue weighted by atomic mass is 10.1. The van der Waals surface area contributed by atoms with E-state index < -0.39 is 5.76 Å². The smallest absolute Gasteiger partial charge is 0.192 e. The molecule has 0 bridgehead atoms. The van der Waals surface area contributed by atoms with Crippen LogP contribution in [0.15, 0.2) is 23.9 Å². The Morgan fingerprint density at radius 2 is 1.21 bits per heavy atom. The number of hydrogen-bond donors (Lipinski definition) is 3. The van der Waals surface area contributed by atoms with Gasteiger partial charge in [-0.25, -0.2) is 0 Å². The molecule has 0 aliphatic heterocycles. The van der Waals surface area contributed by atoms with Crippen molar-refractivity contribution in [1.29, 1.82) is 0 Å². The van der Waals surface area contributed by atoms with Crippen LogP contribution in [0.25, 0.3) is 0 Å². The molecule has 0 radical (unpaired) electrons. The Morgan fingerprint density at radius 1 is 0.737 bits per heavy atom. The van der Waals surface area contributed by atoms with E-state index >= 15 is 0 Å². The summed E-state index contributed by atoms with van der Waals surface area (Å²) in [6.45, 7) is 2.24. The fourth-order valence-corrected chi connectivity index (χ4v) is 2.04. The third kappa shape index (κ3) is 11.7. The molecule has 19 heavy (non-hydrogen) atoms. The first-order valence-corrected chi connectivity index (χ1v) is 7.65. The van der Waals surface area contributed by atoms with Gasteiger partial charge in [-0.05, 0) is 18.9 Å². The third-order valence-electron chi connectivity index (χ3n) is 3.28. The molecule has 0 unspecified atom stereocenters. The lowest BCUT2D eigenvalue weighted by Crippen LogP contribution is -1.87. The average Bonchev–Trinajstić information content (AvgIpc) is 2.43. The molecule has 3 nitrogen and oxygen atoms in total. The molecule has 0 saturated heterocycles. The van der Waals surface area contributed by atoms with E-state index in [1.807, 2.05) is 0 Å². The zero-order valence-corrected chi connectivity index (χ0v) is 12.3. The predicted molar refractivity (Wildman–Crippen MR) is 80.5 cm³/mol. The molecule has 0 aromatic heterocycles. The van der Waals surface area contributed by atoms with Crippen LogP contribution in [0.2, 0.25) is 0 Å². The Labute approximate surface area is 117 Å². The molecule has 0 rings (SSSR count).